The monoisotopic (exact) mass is 418 g/mol. The minimum Gasteiger partial charge on any atom is -0.396 e. The number of allylic oxidation sites excluding steroid dienone is 1. The summed E-state index contributed by atoms with van der Waals surface area (Å²) >= 11 is 0. The molecule has 0 unspecified atom stereocenters. The molecule has 1 aliphatic heterocycles. The van der Waals surface area contributed by atoms with E-state index in [1.807, 2.05) is 0 Å². The number of nitrogens with zero attached hydrogens (tertiary/aromatic N) is 1. The highest BCUT2D eigenvalue weighted by Crippen LogP contribution is 2.59. The van der Waals surface area contributed by atoms with Gasteiger partial charge in [-0.15, -0.1) is 0 Å². The van der Waals surface area contributed by atoms with E-state index in [2.05, 4.69) is 38.0 Å². The van der Waals surface area contributed by atoms with Crippen LogP contribution in [0.3, 0.4) is 0 Å². The van der Waals surface area contributed by atoms with Crippen LogP contribution in [0.2, 0.25) is 0 Å². The van der Waals surface area contributed by atoms with Crippen molar-refractivity contribution in [2.45, 2.75) is 90.7 Å². The topological polar surface area (TPSA) is 55.7 Å². The molecule has 3 aliphatic carbocycles. The minimum absolute atomic E-state index is 0.137. The van der Waals surface area contributed by atoms with E-state index in [0.29, 0.717) is 23.3 Å². The molecule has 1 heterocycles. The normalized spacial score (nSPS) is 40.6. The van der Waals surface area contributed by atoms with Gasteiger partial charge in [0, 0.05) is 19.2 Å². The number of hydrogen-bond donors (Lipinski definition) is 3. The summed E-state index contributed by atoms with van der Waals surface area (Å²) in [5.74, 6) is 1.45. The van der Waals surface area contributed by atoms with Crippen molar-refractivity contribution in [1.82, 2.24) is 10.2 Å². The third kappa shape index (κ3) is 4.27. The third-order valence-corrected chi connectivity index (χ3v) is 9.78. The molecule has 0 amide bonds. The molecule has 0 aromatic rings. The number of rotatable bonds is 5. The molecule has 172 valence electrons. The molecule has 3 N–H and O–H groups in total. The molecule has 1 saturated heterocycles. The Bertz CT molecular complexity index is 637. The highest BCUT2D eigenvalue weighted by Gasteiger charge is 2.51. The average molecular weight is 419 g/mol. The second kappa shape index (κ2) is 8.84. The maximum Gasteiger partial charge on any atom is 0.0544 e. The number of nitrogens with one attached hydrogen (secondary N) is 1. The SMILES string of the molecule is CN1CCC(NC[C@H]2C3=C(CC[C@@H]2[C@@]2(C)CC[C@H](O)C[C@@H]2CO)C(C)(C)CC3)CC1. The van der Waals surface area contributed by atoms with Crippen LogP contribution in [-0.2, 0) is 0 Å². The number of likely N-dealkylation sites (tertiary alicyclic amines) is 1. The molecule has 1 saturated carbocycles. The van der Waals surface area contributed by atoms with Crippen molar-refractivity contribution in [3.05, 3.63) is 11.1 Å². The highest BCUT2D eigenvalue weighted by atomic mass is 16.3. The second-order valence-electron chi connectivity index (χ2n) is 11.9. The van der Waals surface area contributed by atoms with E-state index in [4.69, 9.17) is 0 Å². The van der Waals surface area contributed by atoms with Gasteiger partial charge in [-0.2, -0.15) is 0 Å². The van der Waals surface area contributed by atoms with Crippen molar-refractivity contribution in [1.29, 1.82) is 0 Å². The van der Waals surface area contributed by atoms with E-state index in [9.17, 15) is 10.2 Å². The number of aliphatic hydroxyl groups is 2. The first kappa shape index (κ1) is 22.8. The van der Waals surface area contributed by atoms with Crippen LogP contribution in [0, 0.1) is 28.6 Å². The quantitative estimate of drug-likeness (QED) is 0.591. The summed E-state index contributed by atoms with van der Waals surface area (Å²) in [6.45, 7) is 11.1. The summed E-state index contributed by atoms with van der Waals surface area (Å²) in [6, 6.07) is 0.650. The summed E-state index contributed by atoms with van der Waals surface area (Å²) in [5, 5.41) is 24.5. The van der Waals surface area contributed by atoms with Crippen molar-refractivity contribution in [3.63, 3.8) is 0 Å². The van der Waals surface area contributed by atoms with Gasteiger partial charge in [-0.05, 0) is 107 Å². The smallest absolute Gasteiger partial charge is 0.0544 e. The van der Waals surface area contributed by atoms with Gasteiger partial charge in [0.1, 0.15) is 0 Å². The number of hydrogen-bond acceptors (Lipinski definition) is 4. The number of piperidine rings is 1. The largest absolute Gasteiger partial charge is 0.396 e. The molecule has 4 heteroatoms. The summed E-state index contributed by atoms with van der Waals surface area (Å²) in [4.78, 5) is 2.45. The molecule has 30 heavy (non-hydrogen) atoms. The van der Waals surface area contributed by atoms with E-state index in [-0.39, 0.29) is 24.0 Å². The Morgan fingerprint density at radius 3 is 2.47 bits per heavy atom. The second-order valence-corrected chi connectivity index (χ2v) is 11.9. The summed E-state index contributed by atoms with van der Waals surface area (Å²) in [7, 11) is 2.23. The Labute approximate surface area is 184 Å². The van der Waals surface area contributed by atoms with Crippen molar-refractivity contribution in [3.8, 4) is 0 Å². The Balaban J connectivity index is 1.57. The summed E-state index contributed by atoms with van der Waals surface area (Å²) in [6.07, 6.45) is 10.1. The molecule has 0 spiro atoms. The zero-order valence-corrected chi connectivity index (χ0v) is 19.9. The zero-order chi connectivity index (χ0) is 21.5. The fourth-order valence-corrected chi connectivity index (χ4v) is 7.57. The maximum atomic E-state index is 10.3. The van der Waals surface area contributed by atoms with Gasteiger partial charge in [0.05, 0.1) is 6.10 Å². The van der Waals surface area contributed by atoms with Crippen LogP contribution in [0.1, 0.15) is 78.6 Å². The third-order valence-electron chi connectivity index (χ3n) is 9.78. The lowest BCUT2D eigenvalue weighted by atomic mass is 9.53. The molecule has 4 nitrogen and oxygen atoms in total. The van der Waals surface area contributed by atoms with Crippen LogP contribution >= 0.6 is 0 Å². The van der Waals surface area contributed by atoms with E-state index < -0.39 is 0 Å². The minimum atomic E-state index is -0.227. The van der Waals surface area contributed by atoms with Gasteiger partial charge < -0.3 is 20.4 Å². The molecule has 0 bridgehead atoms. The Morgan fingerprint density at radius 2 is 1.77 bits per heavy atom. The van der Waals surface area contributed by atoms with Gasteiger partial charge in [0.15, 0.2) is 0 Å². The molecular formula is C26H46N2O2. The van der Waals surface area contributed by atoms with Crippen molar-refractivity contribution >= 4 is 0 Å². The molecule has 0 radical (unpaired) electrons. The van der Waals surface area contributed by atoms with Crippen molar-refractivity contribution in [2.24, 2.45) is 28.6 Å². The standard InChI is InChI=1S/C26H46N2O2/c1-25(2)11-8-21-22(16-27-19-9-13-28(4)14-10-19)24(6-5-23(21)25)26(3)12-7-20(30)15-18(26)17-29/h18-20,22,24,27,29-30H,5-17H2,1-4H3/t18-,20+,22+,24+,26+/m1/s1. The molecule has 0 aromatic heterocycles. The van der Waals surface area contributed by atoms with Crippen LogP contribution in [0.25, 0.3) is 0 Å². The van der Waals surface area contributed by atoms with E-state index >= 15 is 0 Å². The van der Waals surface area contributed by atoms with E-state index in [0.717, 1.165) is 25.8 Å². The maximum absolute atomic E-state index is 10.3. The first-order valence-electron chi connectivity index (χ1n) is 12.7. The van der Waals surface area contributed by atoms with Gasteiger partial charge in [-0.3, -0.25) is 0 Å². The highest BCUT2D eigenvalue weighted by molar-refractivity contribution is 5.32. The number of aliphatic hydroxyl groups excluding tert-OH is 2. The Morgan fingerprint density at radius 1 is 1.03 bits per heavy atom. The van der Waals surface area contributed by atoms with Gasteiger partial charge in [0.25, 0.3) is 0 Å². The van der Waals surface area contributed by atoms with Gasteiger partial charge >= 0.3 is 0 Å². The molecule has 0 aromatic carbocycles. The Kier molecular flexibility index (Phi) is 6.71. The summed E-state index contributed by atoms with van der Waals surface area (Å²) < 4.78 is 0. The molecular weight excluding hydrogens is 372 g/mol. The van der Waals surface area contributed by atoms with E-state index in [1.54, 1.807) is 11.1 Å². The van der Waals surface area contributed by atoms with Crippen LogP contribution in [-0.4, -0.2) is 60.5 Å². The fourth-order valence-electron chi connectivity index (χ4n) is 7.57. The van der Waals surface area contributed by atoms with Crippen LogP contribution in [0.4, 0.5) is 0 Å². The predicted octanol–water partition coefficient (Wildman–Crippen LogP) is 3.97. The summed E-state index contributed by atoms with van der Waals surface area (Å²) in [5.41, 5.74) is 4.03. The molecule has 2 fully saturated rings. The van der Waals surface area contributed by atoms with Gasteiger partial charge in [-0.1, -0.05) is 31.9 Å². The molecule has 4 aliphatic rings. The first-order valence-corrected chi connectivity index (χ1v) is 12.7. The fraction of sp³-hybridized carbons (Fsp3) is 0.923. The van der Waals surface area contributed by atoms with E-state index in [1.165, 1.54) is 51.6 Å². The van der Waals surface area contributed by atoms with Crippen molar-refractivity contribution in [2.75, 3.05) is 33.3 Å². The van der Waals surface area contributed by atoms with Crippen molar-refractivity contribution < 1.29 is 10.2 Å². The first-order chi connectivity index (χ1) is 14.2. The van der Waals surface area contributed by atoms with Crippen LogP contribution in [0.5, 0.6) is 0 Å². The predicted molar refractivity (Wildman–Crippen MR) is 123 cm³/mol. The molecule has 5 atom stereocenters. The van der Waals surface area contributed by atoms with Gasteiger partial charge in [-0.25, -0.2) is 0 Å². The molecule has 4 rings (SSSR count). The lowest BCUT2D eigenvalue weighted by Gasteiger charge is -2.53. The Hall–Kier alpha value is -0.420. The lowest BCUT2D eigenvalue weighted by molar-refractivity contribution is -0.0586. The average Bonchev–Trinajstić information content (AvgIpc) is 3.04. The van der Waals surface area contributed by atoms with Crippen LogP contribution in [0.15, 0.2) is 11.1 Å². The van der Waals surface area contributed by atoms with Crippen LogP contribution < -0.4 is 5.32 Å². The van der Waals surface area contributed by atoms with Gasteiger partial charge in [0.2, 0.25) is 0 Å². The zero-order valence-electron chi connectivity index (χ0n) is 19.9. The lowest BCUT2D eigenvalue weighted by Crippen LogP contribution is -2.50.